The maximum absolute atomic E-state index is 12.3. The van der Waals surface area contributed by atoms with E-state index in [1.165, 1.54) is 34.4 Å². The number of benzene rings is 1. The van der Waals surface area contributed by atoms with Gasteiger partial charge in [0.15, 0.2) is 0 Å². The van der Waals surface area contributed by atoms with Crippen molar-refractivity contribution in [2.24, 2.45) is 0 Å². The summed E-state index contributed by atoms with van der Waals surface area (Å²) >= 11 is 10.6. The second-order valence-electron chi connectivity index (χ2n) is 4.32. The molecule has 0 aliphatic rings. The van der Waals surface area contributed by atoms with Crippen LogP contribution in [0.15, 0.2) is 34.1 Å². The molecule has 0 aliphatic heterocycles. The number of amides is 1. The first-order valence-corrected chi connectivity index (χ1v) is 7.86. The fourth-order valence-corrected chi connectivity index (χ4v) is 3.44. The van der Waals surface area contributed by atoms with E-state index in [2.05, 4.69) is 15.9 Å². The van der Waals surface area contributed by atoms with Crippen LogP contribution < -0.4 is 0 Å². The van der Waals surface area contributed by atoms with Crippen molar-refractivity contribution in [3.8, 4) is 0 Å². The minimum Gasteiger partial charge on any atom is -0.337 e. The van der Waals surface area contributed by atoms with Gasteiger partial charge in [0.05, 0.1) is 11.5 Å². The predicted molar refractivity (Wildman–Crippen MR) is 85.9 cm³/mol. The first-order chi connectivity index (χ1) is 9.88. The van der Waals surface area contributed by atoms with E-state index in [4.69, 9.17) is 11.6 Å². The number of rotatable bonds is 4. The van der Waals surface area contributed by atoms with Crippen molar-refractivity contribution >= 4 is 50.5 Å². The zero-order valence-electron chi connectivity index (χ0n) is 10.9. The summed E-state index contributed by atoms with van der Waals surface area (Å²) in [6, 6.07) is 5.98. The molecule has 110 valence electrons. The number of halogens is 2. The zero-order valence-corrected chi connectivity index (χ0v) is 14.0. The SMILES string of the molecule is CN(Cc1cc(Br)cs1)C(=O)c1ccc(Cl)c([N+](=O)[O-])c1. The first kappa shape index (κ1) is 15.9. The van der Waals surface area contributed by atoms with Crippen molar-refractivity contribution in [2.45, 2.75) is 6.54 Å². The summed E-state index contributed by atoms with van der Waals surface area (Å²) in [6.45, 7) is 0.436. The van der Waals surface area contributed by atoms with Gasteiger partial charge in [-0.15, -0.1) is 11.3 Å². The molecule has 5 nitrogen and oxygen atoms in total. The molecule has 0 unspecified atom stereocenters. The summed E-state index contributed by atoms with van der Waals surface area (Å²) < 4.78 is 0.963. The van der Waals surface area contributed by atoms with Gasteiger partial charge in [0.1, 0.15) is 5.02 Å². The van der Waals surface area contributed by atoms with Crippen LogP contribution >= 0.6 is 38.9 Å². The third-order valence-electron chi connectivity index (χ3n) is 2.75. The molecule has 1 aromatic carbocycles. The Morgan fingerprint density at radius 1 is 1.48 bits per heavy atom. The number of nitro groups is 1. The minimum absolute atomic E-state index is 0.0152. The van der Waals surface area contributed by atoms with E-state index in [0.717, 1.165) is 9.35 Å². The smallest absolute Gasteiger partial charge is 0.288 e. The van der Waals surface area contributed by atoms with E-state index in [-0.39, 0.29) is 22.2 Å². The van der Waals surface area contributed by atoms with E-state index in [1.807, 2.05) is 11.4 Å². The van der Waals surface area contributed by atoms with Crippen LogP contribution in [0.3, 0.4) is 0 Å². The molecule has 0 bridgehead atoms. The molecule has 0 saturated heterocycles. The molecule has 0 N–H and O–H groups in total. The van der Waals surface area contributed by atoms with Crippen molar-refractivity contribution in [2.75, 3.05) is 7.05 Å². The summed E-state index contributed by atoms with van der Waals surface area (Å²) in [6.07, 6.45) is 0. The molecule has 2 aromatic rings. The quantitative estimate of drug-likeness (QED) is 0.577. The van der Waals surface area contributed by atoms with Crippen LogP contribution in [-0.4, -0.2) is 22.8 Å². The molecule has 0 atom stereocenters. The van der Waals surface area contributed by atoms with Gasteiger partial charge in [-0.3, -0.25) is 14.9 Å². The molecule has 0 aliphatic carbocycles. The Balaban J connectivity index is 2.19. The van der Waals surface area contributed by atoms with E-state index >= 15 is 0 Å². The molecule has 0 fully saturated rings. The number of hydrogen-bond acceptors (Lipinski definition) is 4. The van der Waals surface area contributed by atoms with Gasteiger partial charge in [0.2, 0.25) is 0 Å². The van der Waals surface area contributed by atoms with Crippen LogP contribution in [0.1, 0.15) is 15.2 Å². The third kappa shape index (κ3) is 3.81. The monoisotopic (exact) mass is 388 g/mol. The summed E-state index contributed by atoms with van der Waals surface area (Å²) in [4.78, 5) is 25.1. The average Bonchev–Trinajstić information content (AvgIpc) is 2.83. The number of nitrogens with zero attached hydrogens (tertiary/aromatic N) is 2. The molecule has 1 aromatic heterocycles. The lowest BCUT2D eigenvalue weighted by Gasteiger charge is -2.16. The van der Waals surface area contributed by atoms with Crippen LogP contribution in [0.4, 0.5) is 5.69 Å². The maximum atomic E-state index is 12.3. The van der Waals surface area contributed by atoms with E-state index in [1.54, 1.807) is 7.05 Å². The van der Waals surface area contributed by atoms with Crippen LogP contribution in [0.5, 0.6) is 0 Å². The number of carbonyl (C=O) groups excluding carboxylic acids is 1. The van der Waals surface area contributed by atoms with Crippen LogP contribution in [-0.2, 0) is 6.54 Å². The van der Waals surface area contributed by atoms with Gasteiger partial charge in [0.25, 0.3) is 11.6 Å². The molecule has 21 heavy (non-hydrogen) atoms. The Bertz CT molecular complexity index is 704. The van der Waals surface area contributed by atoms with Crippen molar-refractivity contribution < 1.29 is 9.72 Å². The number of carbonyl (C=O) groups is 1. The van der Waals surface area contributed by atoms with E-state index < -0.39 is 4.92 Å². The molecule has 0 spiro atoms. The highest BCUT2D eigenvalue weighted by atomic mass is 79.9. The highest BCUT2D eigenvalue weighted by molar-refractivity contribution is 9.10. The standard InChI is InChI=1S/C13H10BrClN2O3S/c1-16(6-10-5-9(14)7-21-10)13(18)8-2-3-11(15)12(4-8)17(19)20/h2-5,7H,6H2,1H3. The minimum atomic E-state index is -0.602. The molecular formula is C13H10BrClN2O3S. The average molecular weight is 390 g/mol. The third-order valence-corrected chi connectivity index (χ3v) is 4.75. The van der Waals surface area contributed by atoms with Crippen LogP contribution in [0.2, 0.25) is 5.02 Å². The molecule has 0 radical (unpaired) electrons. The first-order valence-electron chi connectivity index (χ1n) is 5.81. The van der Waals surface area contributed by atoms with Crippen molar-refractivity contribution in [1.29, 1.82) is 0 Å². The van der Waals surface area contributed by atoms with Crippen LogP contribution in [0.25, 0.3) is 0 Å². The molecular weight excluding hydrogens is 380 g/mol. The van der Waals surface area contributed by atoms with Crippen LogP contribution in [0, 0.1) is 10.1 Å². The lowest BCUT2D eigenvalue weighted by atomic mass is 10.2. The lowest BCUT2D eigenvalue weighted by molar-refractivity contribution is -0.384. The summed E-state index contributed by atoms with van der Waals surface area (Å²) in [5.41, 5.74) is -0.0287. The molecule has 1 amide bonds. The largest absolute Gasteiger partial charge is 0.337 e. The van der Waals surface area contributed by atoms with Gasteiger partial charge in [-0.05, 0) is 34.1 Å². The Morgan fingerprint density at radius 3 is 2.76 bits per heavy atom. The van der Waals surface area contributed by atoms with Crippen molar-refractivity contribution in [3.63, 3.8) is 0 Å². The zero-order chi connectivity index (χ0) is 15.6. The highest BCUT2D eigenvalue weighted by Crippen LogP contribution is 2.26. The van der Waals surface area contributed by atoms with E-state index in [9.17, 15) is 14.9 Å². The number of thiophene rings is 1. The molecule has 2 rings (SSSR count). The Morgan fingerprint density at radius 2 is 2.19 bits per heavy atom. The second kappa shape index (κ2) is 6.55. The van der Waals surface area contributed by atoms with Crippen molar-refractivity contribution in [3.05, 3.63) is 59.7 Å². The normalized spacial score (nSPS) is 10.4. The Labute approximate surface area is 138 Å². The molecule has 1 heterocycles. The lowest BCUT2D eigenvalue weighted by Crippen LogP contribution is -2.25. The number of hydrogen-bond donors (Lipinski definition) is 0. The Hall–Kier alpha value is -1.44. The fourth-order valence-electron chi connectivity index (χ4n) is 1.75. The highest BCUT2D eigenvalue weighted by Gasteiger charge is 2.19. The van der Waals surface area contributed by atoms with Gasteiger partial charge in [-0.2, -0.15) is 0 Å². The Kier molecular flexibility index (Phi) is 4.97. The summed E-state index contributed by atoms with van der Waals surface area (Å²) in [7, 11) is 1.65. The summed E-state index contributed by atoms with van der Waals surface area (Å²) in [5.74, 6) is -0.292. The number of nitro benzene ring substituents is 1. The van der Waals surface area contributed by atoms with Gasteiger partial charge in [-0.1, -0.05) is 11.6 Å². The second-order valence-corrected chi connectivity index (χ2v) is 6.63. The fraction of sp³-hybridized carbons (Fsp3) is 0.154. The summed E-state index contributed by atoms with van der Waals surface area (Å²) in [5, 5.41) is 12.8. The van der Waals surface area contributed by atoms with E-state index in [0.29, 0.717) is 6.54 Å². The maximum Gasteiger partial charge on any atom is 0.288 e. The van der Waals surface area contributed by atoms with Gasteiger partial charge >= 0.3 is 0 Å². The topological polar surface area (TPSA) is 63.5 Å². The molecule has 8 heteroatoms. The van der Waals surface area contributed by atoms with Gasteiger partial charge in [0, 0.05) is 33.4 Å². The predicted octanol–water partition coefficient (Wildman–Crippen LogP) is 4.34. The van der Waals surface area contributed by atoms with Gasteiger partial charge in [-0.25, -0.2) is 0 Å². The van der Waals surface area contributed by atoms with Crippen molar-refractivity contribution in [1.82, 2.24) is 4.90 Å². The van der Waals surface area contributed by atoms with Gasteiger partial charge < -0.3 is 4.90 Å². The molecule has 0 saturated carbocycles.